The molecule has 4 aromatic rings. The Bertz CT molecular complexity index is 941. The minimum absolute atomic E-state index is 0.850. The van der Waals surface area contributed by atoms with E-state index in [2.05, 4.69) is 119 Å². The second-order valence-electron chi connectivity index (χ2n) is 6.84. The molecule has 0 spiro atoms. The Hall–Kier alpha value is -3.52. The van der Waals surface area contributed by atoms with Gasteiger partial charge in [-0.05, 0) is 35.4 Å². The van der Waals surface area contributed by atoms with Gasteiger partial charge < -0.3 is 10.2 Å². The fourth-order valence-corrected chi connectivity index (χ4v) is 3.37. The molecule has 0 atom stereocenters. The van der Waals surface area contributed by atoms with E-state index < -0.39 is 0 Å². The van der Waals surface area contributed by atoms with E-state index in [9.17, 15) is 0 Å². The first kappa shape index (κ1) is 17.9. The van der Waals surface area contributed by atoms with E-state index >= 15 is 0 Å². The van der Waals surface area contributed by atoms with Crippen molar-refractivity contribution in [3.63, 3.8) is 0 Å². The molecule has 2 nitrogen and oxygen atoms in total. The van der Waals surface area contributed by atoms with Crippen LogP contribution < -0.4 is 10.2 Å². The van der Waals surface area contributed by atoms with Crippen molar-refractivity contribution >= 4 is 17.1 Å². The number of anilines is 3. The zero-order valence-corrected chi connectivity index (χ0v) is 15.8. The molecule has 0 aliphatic heterocycles. The average Bonchev–Trinajstić information content (AvgIpc) is 2.76. The van der Waals surface area contributed by atoms with Gasteiger partial charge in [-0.3, -0.25) is 0 Å². The van der Waals surface area contributed by atoms with Crippen LogP contribution >= 0.6 is 0 Å². The van der Waals surface area contributed by atoms with Crippen LogP contribution in [0.5, 0.6) is 0 Å². The number of benzene rings is 4. The molecule has 4 rings (SSSR count). The van der Waals surface area contributed by atoms with Crippen molar-refractivity contribution in [2.75, 3.05) is 10.2 Å². The summed E-state index contributed by atoms with van der Waals surface area (Å²) in [6.07, 6.45) is 0. The number of nitrogens with zero attached hydrogens (tertiary/aromatic N) is 1. The maximum atomic E-state index is 3.58. The van der Waals surface area contributed by atoms with Crippen molar-refractivity contribution in [1.29, 1.82) is 0 Å². The molecular weight excluding hydrogens is 340 g/mol. The molecule has 4 aromatic carbocycles. The molecule has 0 fully saturated rings. The highest BCUT2D eigenvalue weighted by Crippen LogP contribution is 2.31. The molecule has 0 aliphatic rings. The predicted octanol–water partition coefficient (Wildman–Crippen LogP) is 6.64. The molecular formula is C26H24N2. The summed E-state index contributed by atoms with van der Waals surface area (Å²) in [6.45, 7) is 1.70. The largest absolute Gasteiger partial charge is 0.361 e. The van der Waals surface area contributed by atoms with E-state index in [1.807, 2.05) is 6.07 Å². The van der Waals surface area contributed by atoms with Crippen LogP contribution in [0.4, 0.5) is 17.1 Å². The highest BCUT2D eigenvalue weighted by molar-refractivity contribution is 5.75. The molecule has 0 radical (unpaired) electrons. The van der Waals surface area contributed by atoms with Crippen LogP contribution in [0.1, 0.15) is 11.1 Å². The molecule has 0 unspecified atom stereocenters. The molecule has 138 valence electrons. The monoisotopic (exact) mass is 364 g/mol. The first-order valence-electron chi connectivity index (χ1n) is 9.62. The summed E-state index contributed by atoms with van der Waals surface area (Å²) in [7, 11) is 0. The van der Waals surface area contributed by atoms with Crippen molar-refractivity contribution in [2.24, 2.45) is 0 Å². The molecule has 0 bridgehead atoms. The van der Waals surface area contributed by atoms with E-state index in [0.717, 1.165) is 24.5 Å². The Morgan fingerprint density at radius 1 is 0.500 bits per heavy atom. The molecule has 1 N–H and O–H groups in total. The van der Waals surface area contributed by atoms with E-state index in [-0.39, 0.29) is 0 Å². The van der Waals surface area contributed by atoms with Crippen LogP contribution in [0.15, 0.2) is 115 Å². The molecule has 0 saturated carbocycles. The average molecular weight is 364 g/mol. The Morgan fingerprint density at radius 2 is 0.964 bits per heavy atom. The zero-order valence-electron chi connectivity index (χ0n) is 15.8. The normalized spacial score (nSPS) is 10.4. The van der Waals surface area contributed by atoms with Crippen molar-refractivity contribution in [1.82, 2.24) is 0 Å². The Kier molecular flexibility index (Phi) is 5.69. The fourth-order valence-electron chi connectivity index (χ4n) is 3.37. The van der Waals surface area contributed by atoms with Crippen LogP contribution in [0.3, 0.4) is 0 Å². The molecule has 0 saturated heterocycles. The highest BCUT2D eigenvalue weighted by atomic mass is 15.1. The van der Waals surface area contributed by atoms with Gasteiger partial charge in [0, 0.05) is 18.8 Å². The summed E-state index contributed by atoms with van der Waals surface area (Å²) in [5, 5.41) is 3.58. The Labute approximate surface area is 167 Å². The molecule has 2 heteroatoms. The lowest BCUT2D eigenvalue weighted by Crippen LogP contribution is -2.23. The van der Waals surface area contributed by atoms with Gasteiger partial charge in [0.25, 0.3) is 0 Å². The summed E-state index contributed by atoms with van der Waals surface area (Å²) in [6, 6.07) is 40.1. The van der Waals surface area contributed by atoms with Gasteiger partial charge in [0.05, 0.1) is 11.4 Å². The van der Waals surface area contributed by atoms with Crippen LogP contribution in [0.2, 0.25) is 0 Å². The van der Waals surface area contributed by atoms with Gasteiger partial charge in [0.1, 0.15) is 0 Å². The van der Waals surface area contributed by atoms with Gasteiger partial charge in [0.2, 0.25) is 0 Å². The summed E-state index contributed by atoms with van der Waals surface area (Å²) in [5.74, 6) is 0. The third kappa shape index (κ3) is 4.60. The van der Waals surface area contributed by atoms with E-state index in [0.29, 0.717) is 0 Å². The third-order valence-electron chi connectivity index (χ3n) is 4.73. The summed E-state index contributed by atoms with van der Waals surface area (Å²) in [4.78, 5) is 2.43. The van der Waals surface area contributed by atoms with E-state index in [1.165, 1.54) is 16.8 Å². The quantitative estimate of drug-likeness (QED) is 0.395. The Morgan fingerprint density at radius 3 is 1.54 bits per heavy atom. The Balaban J connectivity index is 1.67. The topological polar surface area (TPSA) is 15.3 Å². The summed E-state index contributed by atoms with van der Waals surface area (Å²) >= 11 is 0. The van der Waals surface area contributed by atoms with Crippen molar-refractivity contribution in [3.8, 4) is 0 Å². The molecule has 0 aliphatic carbocycles. The summed E-state index contributed by atoms with van der Waals surface area (Å²) in [5.41, 5.74) is 6.00. The van der Waals surface area contributed by atoms with Crippen LogP contribution in [-0.2, 0) is 13.1 Å². The van der Waals surface area contributed by atoms with Gasteiger partial charge >= 0.3 is 0 Å². The van der Waals surface area contributed by atoms with Crippen molar-refractivity contribution in [2.45, 2.75) is 13.1 Å². The van der Waals surface area contributed by atoms with Gasteiger partial charge in [0.15, 0.2) is 0 Å². The third-order valence-corrected chi connectivity index (χ3v) is 4.73. The van der Waals surface area contributed by atoms with Crippen LogP contribution in [0, 0.1) is 0 Å². The number of hydrogen-bond acceptors (Lipinski definition) is 2. The predicted molar refractivity (Wildman–Crippen MR) is 119 cm³/mol. The van der Waals surface area contributed by atoms with Gasteiger partial charge in [-0.15, -0.1) is 0 Å². The minimum atomic E-state index is 0.850. The van der Waals surface area contributed by atoms with Gasteiger partial charge in [-0.2, -0.15) is 0 Å². The second kappa shape index (κ2) is 8.92. The fraction of sp³-hybridized carbons (Fsp3) is 0.0769. The number of nitrogens with one attached hydrogen (secondary N) is 1. The van der Waals surface area contributed by atoms with E-state index in [1.54, 1.807) is 0 Å². The standard InChI is InChI=1S/C26H24N2/c1-4-12-22(13-5-1)20-28(21-23-14-6-2-7-15-23)26-19-11-10-18-25(26)27-24-16-8-3-9-17-24/h1-19,27H,20-21H2. The lowest BCUT2D eigenvalue weighted by atomic mass is 10.1. The molecule has 0 aromatic heterocycles. The minimum Gasteiger partial charge on any atom is -0.361 e. The van der Waals surface area contributed by atoms with Crippen molar-refractivity contribution in [3.05, 3.63) is 126 Å². The molecule has 28 heavy (non-hydrogen) atoms. The smallest absolute Gasteiger partial charge is 0.0622 e. The first-order chi connectivity index (χ1) is 13.9. The highest BCUT2D eigenvalue weighted by Gasteiger charge is 2.13. The van der Waals surface area contributed by atoms with Crippen LogP contribution in [0.25, 0.3) is 0 Å². The second-order valence-corrected chi connectivity index (χ2v) is 6.84. The SMILES string of the molecule is c1ccc(CN(Cc2ccccc2)c2ccccc2Nc2ccccc2)cc1. The van der Waals surface area contributed by atoms with Gasteiger partial charge in [-0.1, -0.05) is 91.0 Å². The van der Waals surface area contributed by atoms with Crippen molar-refractivity contribution < 1.29 is 0 Å². The summed E-state index contributed by atoms with van der Waals surface area (Å²) < 4.78 is 0. The number of para-hydroxylation sites is 3. The lowest BCUT2D eigenvalue weighted by Gasteiger charge is -2.28. The maximum absolute atomic E-state index is 3.58. The van der Waals surface area contributed by atoms with Crippen LogP contribution in [-0.4, -0.2) is 0 Å². The number of hydrogen-bond donors (Lipinski definition) is 1. The molecule has 0 heterocycles. The first-order valence-corrected chi connectivity index (χ1v) is 9.62. The van der Waals surface area contributed by atoms with E-state index in [4.69, 9.17) is 0 Å². The number of rotatable bonds is 7. The zero-order chi connectivity index (χ0) is 19.0. The van der Waals surface area contributed by atoms with Gasteiger partial charge in [-0.25, -0.2) is 0 Å². The lowest BCUT2D eigenvalue weighted by molar-refractivity contribution is 0.801. The molecule has 0 amide bonds. The maximum Gasteiger partial charge on any atom is 0.0622 e.